The van der Waals surface area contributed by atoms with Gasteiger partial charge in [0.15, 0.2) is 0 Å². The van der Waals surface area contributed by atoms with Gasteiger partial charge in [0.05, 0.1) is 31.3 Å². The van der Waals surface area contributed by atoms with Gasteiger partial charge in [-0.1, -0.05) is 0 Å². The molecule has 0 aliphatic carbocycles. The highest BCUT2D eigenvalue weighted by molar-refractivity contribution is 4.97. The Bertz CT molecular complexity index is 312. The Morgan fingerprint density at radius 2 is 2.53 bits per heavy atom. The van der Waals surface area contributed by atoms with Crippen LogP contribution in [0.4, 0.5) is 0 Å². The van der Waals surface area contributed by atoms with Gasteiger partial charge in [0.25, 0.3) is 0 Å². The molecular weight excluding hydrogens is 192 g/mol. The second-order valence-corrected chi connectivity index (χ2v) is 4.00. The second-order valence-electron chi connectivity index (χ2n) is 4.00. The highest BCUT2D eigenvalue weighted by atomic mass is 16.5. The molecule has 15 heavy (non-hydrogen) atoms. The van der Waals surface area contributed by atoms with Crippen LogP contribution in [-0.4, -0.2) is 47.3 Å². The van der Waals surface area contributed by atoms with Crippen molar-refractivity contribution < 1.29 is 4.74 Å². The molecule has 84 valence electrons. The van der Waals surface area contributed by atoms with E-state index < -0.39 is 0 Å². The van der Waals surface area contributed by atoms with E-state index in [1.807, 2.05) is 12.5 Å². The summed E-state index contributed by atoms with van der Waals surface area (Å²) in [7, 11) is 2.12. The van der Waals surface area contributed by atoms with Crippen molar-refractivity contribution in [1.29, 1.82) is 0 Å². The zero-order chi connectivity index (χ0) is 10.7. The molecule has 5 heteroatoms. The van der Waals surface area contributed by atoms with Gasteiger partial charge in [-0.05, 0) is 7.05 Å². The highest BCUT2D eigenvalue weighted by Crippen LogP contribution is 2.07. The van der Waals surface area contributed by atoms with E-state index in [1.165, 1.54) is 0 Å². The van der Waals surface area contributed by atoms with Crippen molar-refractivity contribution in [1.82, 2.24) is 14.5 Å². The van der Waals surface area contributed by atoms with E-state index in [-0.39, 0.29) is 6.10 Å². The Hall–Kier alpha value is -0.910. The van der Waals surface area contributed by atoms with Gasteiger partial charge in [0, 0.05) is 25.8 Å². The smallest absolute Gasteiger partial charge is 0.0949 e. The zero-order valence-electron chi connectivity index (χ0n) is 9.09. The summed E-state index contributed by atoms with van der Waals surface area (Å²) in [6.07, 6.45) is 3.88. The van der Waals surface area contributed by atoms with E-state index in [4.69, 9.17) is 10.5 Å². The van der Waals surface area contributed by atoms with Gasteiger partial charge < -0.3 is 19.9 Å². The molecule has 1 aliphatic rings. The summed E-state index contributed by atoms with van der Waals surface area (Å²) in [5.41, 5.74) is 6.68. The van der Waals surface area contributed by atoms with Crippen molar-refractivity contribution in [2.45, 2.75) is 19.2 Å². The normalized spacial score (nSPS) is 23.2. The van der Waals surface area contributed by atoms with Crippen molar-refractivity contribution >= 4 is 0 Å². The zero-order valence-corrected chi connectivity index (χ0v) is 9.09. The van der Waals surface area contributed by atoms with E-state index in [9.17, 15) is 0 Å². The number of ether oxygens (including phenoxy) is 1. The Labute approximate surface area is 89.8 Å². The molecule has 0 spiro atoms. The number of rotatable bonds is 3. The first kappa shape index (κ1) is 10.6. The lowest BCUT2D eigenvalue weighted by Gasteiger charge is -2.30. The Morgan fingerprint density at radius 1 is 1.67 bits per heavy atom. The molecule has 1 fully saturated rings. The van der Waals surface area contributed by atoms with Crippen LogP contribution in [0.2, 0.25) is 0 Å². The Balaban J connectivity index is 1.96. The van der Waals surface area contributed by atoms with E-state index >= 15 is 0 Å². The van der Waals surface area contributed by atoms with Crippen LogP contribution >= 0.6 is 0 Å². The molecule has 1 atom stereocenters. The van der Waals surface area contributed by atoms with E-state index in [2.05, 4.69) is 21.5 Å². The van der Waals surface area contributed by atoms with Gasteiger partial charge in [-0.15, -0.1) is 0 Å². The second kappa shape index (κ2) is 4.74. The highest BCUT2D eigenvalue weighted by Gasteiger charge is 2.18. The van der Waals surface area contributed by atoms with Crippen LogP contribution in [0.3, 0.4) is 0 Å². The summed E-state index contributed by atoms with van der Waals surface area (Å²) in [6.45, 7) is 4.18. The summed E-state index contributed by atoms with van der Waals surface area (Å²) in [5.74, 6) is 0. The first-order chi connectivity index (χ1) is 7.29. The summed E-state index contributed by atoms with van der Waals surface area (Å²) < 4.78 is 7.76. The topological polar surface area (TPSA) is 56.3 Å². The van der Waals surface area contributed by atoms with Crippen molar-refractivity contribution in [3.63, 3.8) is 0 Å². The van der Waals surface area contributed by atoms with Crippen LogP contribution in [0.5, 0.6) is 0 Å². The number of nitrogens with two attached hydrogens (primary N) is 1. The van der Waals surface area contributed by atoms with Crippen LogP contribution in [0.15, 0.2) is 12.5 Å². The molecule has 0 saturated carbocycles. The Morgan fingerprint density at radius 3 is 3.27 bits per heavy atom. The summed E-state index contributed by atoms with van der Waals surface area (Å²) in [6, 6.07) is 0. The average molecular weight is 210 g/mol. The minimum Gasteiger partial charge on any atom is -0.374 e. The van der Waals surface area contributed by atoms with Gasteiger partial charge in [0.2, 0.25) is 0 Å². The third-order valence-electron chi connectivity index (χ3n) is 2.75. The fraction of sp³-hybridized carbons (Fsp3) is 0.700. The van der Waals surface area contributed by atoms with E-state index in [0.29, 0.717) is 6.54 Å². The third-order valence-corrected chi connectivity index (χ3v) is 2.75. The van der Waals surface area contributed by atoms with E-state index in [0.717, 1.165) is 31.9 Å². The predicted molar refractivity (Wildman–Crippen MR) is 57.4 cm³/mol. The number of morpholine rings is 1. The molecule has 0 bridgehead atoms. The number of aromatic nitrogens is 2. The first-order valence-corrected chi connectivity index (χ1v) is 5.29. The number of nitrogens with zero attached hydrogens (tertiary/aromatic N) is 3. The van der Waals surface area contributed by atoms with Crippen LogP contribution < -0.4 is 5.73 Å². The maximum Gasteiger partial charge on any atom is 0.0949 e. The molecule has 2 heterocycles. The molecule has 5 nitrogen and oxygen atoms in total. The Kier molecular flexibility index (Phi) is 3.35. The lowest BCUT2D eigenvalue weighted by molar-refractivity contribution is -0.0277. The molecule has 2 N–H and O–H groups in total. The molecular formula is C10H18N4O. The van der Waals surface area contributed by atoms with Gasteiger partial charge in [-0.3, -0.25) is 0 Å². The molecule has 1 aliphatic heterocycles. The largest absolute Gasteiger partial charge is 0.374 e. The number of imidazole rings is 1. The summed E-state index contributed by atoms with van der Waals surface area (Å²) in [4.78, 5) is 6.38. The standard InChI is InChI=1S/C10H18N4O/c1-13-2-3-15-10(6-13)7-14-8-12-5-9(14)4-11/h5,8,10H,2-4,6-7,11H2,1H3. The molecule has 0 radical (unpaired) electrons. The van der Waals surface area contributed by atoms with Gasteiger partial charge in [-0.25, -0.2) is 4.98 Å². The monoisotopic (exact) mass is 210 g/mol. The van der Waals surface area contributed by atoms with Crippen LogP contribution in [0, 0.1) is 0 Å². The van der Waals surface area contributed by atoms with Crippen molar-refractivity contribution in [3.05, 3.63) is 18.2 Å². The number of hydrogen-bond donors (Lipinski definition) is 1. The minimum absolute atomic E-state index is 0.253. The lowest BCUT2D eigenvalue weighted by Crippen LogP contribution is -2.42. The summed E-state index contributed by atoms with van der Waals surface area (Å²) >= 11 is 0. The van der Waals surface area contributed by atoms with Crippen molar-refractivity contribution in [2.75, 3.05) is 26.7 Å². The summed E-state index contributed by atoms with van der Waals surface area (Å²) in [5, 5.41) is 0. The third kappa shape index (κ3) is 2.56. The molecule has 1 unspecified atom stereocenters. The minimum atomic E-state index is 0.253. The SMILES string of the molecule is CN1CCOC(Cn2cncc2CN)C1. The quantitative estimate of drug-likeness (QED) is 0.742. The molecule has 1 saturated heterocycles. The fourth-order valence-electron chi connectivity index (χ4n) is 1.88. The van der Waals surface area contributed by atoms with Crippen LogP contribution in [-0.2, 0) is 17.8 Å². The maximum absolute atomic E-state index is 5.69. The number of hydrogen-bond acceptors (Lipinski definition) is 4. The van der Waals surface area contributed by atoms with Crippen molar-refractivity contribution in [2.24, 2.45) is 5.73 Å². The molecule has 1 aromatic heterocycles. The molecule has 1 aromatic rings. The van der Waals surface area contributed by atoms with Crippen LogP contribution in [0.1, 0.15) is 5.69 Å². The fourth-order valence-corrected chi connectivity index (χ4v) is 1.88. The molecule has 0 aromatic carbocycles. The average Bonchev–Trinajstić information content (AvgIpc) is 2.65. The van der Waals surface area contributed by atoms with Gasteiger partial charge in [0.1, 0.15) is 0 Å². The van der Waals surface area contributed by atoms with Gasteiger partial charge >= 0.3 is 0 Å². The van der Waals surface area contributed by atoms with E-state index in [1.54, 1.807) is 0 Å². The van der Waals surface area contributed by atoms with Crippen molar-refractivity contribution in [3.8, 4) is 0 Å². The lowest BCUT2D eigenvalue weighted by atomic mass is 10.2. The maximum atomic E-state index is 5.69. The molecule has 0 amide bonds. The number of likely N-dealkylation sites (N-methyl/N-ethyl adjacent to an activating group) is 1. The first-order valence-electron chi connectivity index (χ1n) is 5.29. The predicted octanol–water partition coefficient (Wildman–Crippen LogP) is -0.328. The van der Waals surface area contributed by atoms with Gasteiger partial charge in [-0.2, -0.15) is 0 Å². The van der Waals surface area contributed by atoms with Crippen LogP contribution in [0.25, 0.3) is 0 Å². The molecule has 2 rings (SSSR count).